The summed E-state index contributed by atoms with van der Waals surface area (Å²) in [6, 6.07) is 9.22. The van der Waals surface area contributed by atoms with Crippen molar-refractivity contribution < 1.29 is 37.1 Å². The number of nitrogens with one attached hydrogen (secondary N) is 1. The lowest BCUT2D eigenvalue weighted by Gasteiger charge is -2.15. The Hall–Kier alpha value is -3.40. The Labute approximate surface area is 220 Å². The molecule has 0 spiro atoms. The summed E-state index contributed by atoms with van der Waals surface area (Å²) in [5.41, 5.74) is 10.3. The van der Waals surface area contributed by atoms with Crippen molar-refractivity contribution in [2.75, 3.05) is 26.6 Å². The molecule has 2 aromatic carbocycles. The third-order valence-electron chi connectivity index (χ3n) is 5.87. The van der Waals surface area contributed by atoms with E-state index in [1.54, 1.807) is 27.5 Å². The fourth-order valence-electron chi connectivity index (χ4n) is 4.08. The summed E-state index contributed by atoms with van der Waals surface area (Å²) in [4.78, 5) is 17.0. The third-order valence-corrected chi connectivity index (χ3v) is 6.50. The fourth-order valence-corrected chi connectivity index (χ4v) is 4.79. The van der Waals surface area contributed by atoms with E-state index in [1.165, 1.54) is 11.5 Å². The molecule has 0 saturated heterocycles. The van der Waals surface area contributed by atoms with E-state index in [1.807, 2.05) is 48.9 Å². The van der Waals surface area contributed by atoms with Crippen LogP contribution in [0.5, 0.6) is 17.2 Å². The third kappa shape index (κ3) is 5.70. The maximum Gasteiger partial charge on any atom is 0.282 e. The van der Waals surface area contributed by atoms with E-state index in [2.05, 4.69) is 20.4 Å². The molecule has 10 heteroatoms. The monoisotopic (exact) mass is 528 g/mol. The van der Waals surface area contributed by atoms with Crippen LogP contribution in [0.4, 0.5) is 5.69 Å². The van der Waals surface area contributed by atoms with Crippen molar-refractivity contribution in [1.82, 2.24) is 4.37 Å². The SMILES string of the molecule is COc1ccc(-c2csnc2-c2cc(C)c(OC)c(OC)c2)cc1NC(=O)[C@H]([NH3+])CC1=CN=CC1.[Cl-]. The Morgan fingerprint density at radius 3 is 2.56 bits per heavy atom. The Balaban J connectivity index is 0.00000361. The number of nitrogens with zero attached hydrogens (tertiary/aromatic N) is 2. The molecule has 190 valence electrons. The standard InChI is InChI=1S/C26H28N4O4S.ClH/c1-15-9-18(12-23(33-3)25(15)34-4)24-19(14-35-30-24)17-5-6-22(32-2)21(11-17)29-26(31)20(27)10-16-7-8-28-13-16;/h5-6,8-9,11-14,20H,7,10,27H2,1-4H3,(H,29,31);1H/t20-;/m1./s1. The predicted octanol–water partition coefficient (Wildman–Crippen LogP) is 1.11. The quantitative estimate of drug-likeness (QED) is 0.432. The van der Waals surface area contributed by atoms with Crippen LogP contribution in [0.1, 0.15) is 18.4 Å². The molecule has 0 fully saturated rings. The highest BCUT2D eigenvalue weighted by Crippen LogP contribution is 2.41. The number of benzene rings is 2. The van der Waals surface area contributed by atoms with E-state index < -0.39 is 6.04 Å². The zero-order valence-corrected chi connectivity index (χ0v) is 22.2. The number of quaternary nitrogens is 1. The van der Waals surface area contributed by atoms with Crippen LogP contribution in [0.2, 0.25) is 0 Å². The number of methoxy groups -OCH3 is 3. The number of hydrogen-bond donors (Lipinski definition) is 2. The minimum Gasteiger partial charge on any atom is -1.00 e. The zero-order valence-electron chi connectivity index (χ0n) is 20.6. The molecule has 0 radical (unpaired) electrons. The van der Waals surface area contributed by atoms with Gasteiger partial charge in [-0.25, -0.2) is 0 Å². The van der Waals surface area contributed by atoms with Crippen LogP contribution in [0.3, 0.4) is 0 Å². The first-order valence-electron chi connectivity index (χ1n) is 11.1. The molecule has 1 aliphatic heterocycles. The lowest BCUT2D eigenvalue weighted by atomic mass is 9.99. The van der Waals surface area contributed by atoms with Crippen LogP contribution in [0, 0.1) is 6.92 Å². The first-order chi connectivity index (χ1) is 16.9. The molecule has 0 aliphatic carbocycles. The molecule has 2 heterocycles. The number of aliphatic imine (C=N–C) groups is 1. The number of rotatable bonds is 9. The summed E-state index contributed by atoms with van der Waals surface area (Å²) in [6.07, 6.45) is 4.96. The van der Waals surface area contributed by atoms with E-state index in [4.69, 9.17) is 14.2 Å². The second kappa shape index (κ2) is 12.0. The number of carbonyl (C=O) groups excluding carboxylic acids is 1. The lowest BCUT2D eigenvalue weighted by Crippen LogP contribution is -3.00. The molecule has 0 saturated carbocycles. The zero-order chi connectivity index (χ0) is 24.9. The van der Waals surface area contributed by atoms with Crippen LogP contribution in [0.15, 0.2) is 52.5 Å². The van der Waals surface area contributed by atoms with Crippen molar-refractivity contribution in [2.45, 2.75) is 25.8 Å². The number of aromatic nitrogens is 1. The van der Waals surface area contributed by atoms with Crippen LogP contribution < -0.4 is 37.7 Å². The molecular formula is C26H29ClN4O4S. The highest BCUT2D eigenvalue weighted by molar-refractivity contribution is 7.04. The van der Waals surface area contributed by atoms with Crippen LogP contribution in [-0.2, 0) is 4.79 Å². The Morgan fingerprint density at radius 2 is 1.89 bits per heavy atom. The second-order valence-electron chi connectivity index (χ2n) is 8.23. The van der Waals surface area contributed by atoms with Gasteiger partial charge in [0.05, 0.1) is 32.7 Å². The average Bonchev–Trinajstić information content (AvgIpc) is 3.55. The topological polar surface area (TPSA) is 110 Å². The first kappa shape index (κ1) is 27.2. The number of aryl methyl sites for hydroxylation is 1. The molecule has 1 atom stereocenters. The van der Waals surface area contributed by atoms with Gasteiger partial charge in [-0.2, -0.15) is 4.37 Å². The van der Waals surface area contributed by atoms with E-state index >= 15 is 0 Å². The summed E-state index contributed by atoms with van der Waals surface area (Å²) in [7, 11) is 4.82. The van der Waals surface area contributed by atoms with Gasteiger partial charge in [0.15, 0.2) is 17.5 Å². The summed E-state index contributed by atoms with van der Waals surface area (Å²) >= 11 is 1.37. The van der Waals surface area contributed by atoms with Crippen molar-refractivity contribution in [3.63, 3.8) is 0 Å². The summed E-state index contributed by atoms with van der Waals surface area (Å²) in [6.45, 7) is 1.97. The molecule has 0 unspecified atom stereocenters. The van der Waals surface area contributed by atoms with Gasteiger partial charge < -0.3 is 37.7 Å². The predicted molar refractivity (Wildman–Crippen MR) is 138 cm³/mol. The maximum atomic E-state index is 12.9. The molecule has 8 nitrogen and oxygen atoms in total. The lowest BCUT2D eigenvalue weighted by molar-refractivity contribution is -0.401. The highest BCUT2D eigenvalue weighted by Gasteiger charge is 2.22. The Morgan fingerprint density at radius 1 is 1.11 bits per heavy atom. The van der Waals surface area contributed by atoms with Crippen molar-refractivity contribution in [2.24, 2.45) is 4.99 Å². The number of ether oxygens (including phenoxy) is 3. The minimum atomic E-state index is -0.440. The van der Waals surface area contributed by atoms with Gasteiger partial charge >= 0.3 is 0 Å². The van der Waals surface area contributed by atoms with E-state index in [0.717, 1.165) is 39.9 Å². The molecule has 0 bridgehead atoms. The molecule has 1 amide bonds. The van der Waals surface area contributed by atoms with Crippen molar-refractivity contribution >= 4 is 29.3 Å². The summed E-state index contributed by atoms with van der Waals surface area (Å²) < 4.78 is 21.2. The first-order valence-corrected chi connectivity index (χ1v) is 12.0. The van der Waals surface area contributed by atoms with E-state index in [0.29, 0.717) is 29.4 Å². The van der Waals surface area contributed by atoms with Gasteiger partial charge in [0.2, 0.25) is 0 Å². The molecule has 3 aromatic rings. The average molecular weight is 529 g/mol. The van der Waals surface area contributed by atoms with Crippen LogP contribution in [-0.4, -0.2) is 43.9 Å². The number of halogens is 1. The van der Waals surface area contributed by atoms with Crippen molar-refractivity contribution in [3.05, 3.63) is 53.0 Å². The number of amides is 1. The minimum absolute atomic E-state index is 0. The number of carbonyl (C=O) groups is 1. The summed E-state index contributed by atoms with van der Waals surface area (Å²) in [5.74, 6) is 1.75. The molecule has 36 heavy (non-hydrogen) atoms. The Kier molecular flexibility index (Phi) is 9.08. The van der Waals surface area contributed by atoms with Gasteiger partial charge in [0, 0.05) is 41.8 Å². The molecule has 4 rings (SSSR count). The van der Waals surface area contributed by atoms with Crippen molar-refractivity contribution in [3.8, 4) is 39.6 Å². The van der Waals surface area contributed by atoms with Crippen LogP contribution in [0.25, 0.3) is 22.4 Å². The smallest absolute Gasteiger partial charge is 0.282 e. The molecule has 4 N–H and O–H groups in total. The normalized spacial score (nSPS) is 13.0. The number of anilines is 1. The van der Waals surface area contributed by atoms with Gasteiger partial charge in [-0.1, -0.05) is 6.07 Å². The largest absolute Gasteiger partial charge is 1.00 e. The summed E-state index contributed by atoms with van der Waals surface area (Å²) in [5, 5.41) is 4.98. The molecular weight excluding hydrogens is 500 g/mol. The van der Waals surface area contributed by atoms with Gasteiger partial charge in [-0.3, -0.25) is 9.79 Å². The van der Waals surface area contributed by atoms with Gasteiger partial charge in [0.1, 0.15) is 5.75 Å². The van der Waals surface area contributed by atoms with Gasteiger partial charge in [-0.05, 0) is 59.4 Å². The molecule has 1 aromatic heterocycles. The van der Waals surface area contributed by atoms with Gasteiger partial charge in [0.25, 0.3) is 5.91 Å². The van der Waals surface area contributed by atoms with E-state index in [9.17, 15) is 4.79 Å². The second-order valence-corrected chi connectivity index (χ2v) is 8.86. The van der Waals surface area contributed by atoms with Crippen molar-refractivity contribution in [1.29, 1.82) is 0 Å². The van der Waals surface area contributed by atoms with Crippen LogP contribution >= 0.6 is 11.5 Å². The Bertz CT molecular complexity index is 1310. The number of hydrogen-bond acceptors (Lipinski definition) is 7. The fraction of sp³-hybridized carbons (Fsp3) is 0.269. The van der Waals surface area contributed by atoms with E-state index in [-0.39, 0.29) is 18.3 Å². The molecule has 1 aliphatic rings. The highest BCUT2D eigenvalue weighted by atomic mass is 35.5. The maximum absolute atomic E-state index is 12.9. The van der Waals surface area contributed by atoms with Gasteiger partial charge in [-0.15, -0.1) is 0 Å².